The van der Waals surface area contributed by atoms with E-state index in [1.807, 2.05) is 0 Å². The standard InChI is InChI=1S/C9H8N4O3/c10-7(14)5-4-11-13-8(5)12-9(15)6-2-1-3-16-6/h1-4H,(H2,10,14)(H2,11,12,13,15). The van der Waals surface area contributed by atoms with Gasteiger partial charge in [0.05, 0.1) is 12.5 Å². The van der Waals surface area contributed by atoms with Gasteiger partial charge < -0.3 is 15.5 Å². The van der Waals surface area contributed by atoms with Gasteiger partial charge in [-0.3, -0.25) is 14.7 Å². The summed E-state index contributed by atoms with van der Waals surface area (Å²) in [7, 11) is 0. The second-order valence-corrected chi connectivity index (χ2v) is 2.95. The van der Waals surface area contributed by atoms with Crippen LogP contribution in [0.5, 0.6) is 0 Å². The molecule has 2 heterocycles. The number of carbonyl (C=O) groups is 2. The van der Waals surface area contributed by atoms with Gasteiger partial charge in [-0.05, 0) is 12.1 Å². The van der Waals surface area contributed by atoms with Crippen molar-refractivity contribution in [2.24, 2.45) is 5.73 Å². The summed E-state index contributed by atoms with van der Waals surface area (Å²) in [5.41, 5.74) is 5.19. The van der Waals surface area contributed by atoms with E-state index in [1.54, 1.807) is 6.07 Å². The number of nitrogens with two attached hydrogens (primary N) is 1. The van der Waals surface area contributed by atoms with Gasteiger partial charge in [-0.15, -0.1) is 0 Å². The molecule has 16 heavy (non-hydrogen) atoms. The Morgan fingerprint density at radius 3 is 2.94 bits per heavy atom. The van der Waals surface area contributed by atoms with Gasteiger partial charge in [0, 0.05) is 0 Å². The molecule has 0 aliphatic rings. The van der Waals surface area contributed by atoms with Gasteiger partial charge in [-0.2, -0.15) is 5.10 Å². The van der Waals surface area contributed by atoms with E-state index in [-0.39, 0.29) is 17.1 Å². The Morgan fingerprint density at radius 2 is 2.31 bits per heavy atom. The molecule has 2 rings (SSSR count). The lowest BCUT2D eigenvalue weighted by atomic mass is 10.3. The summed E-state index contributed by atoms with van der Waals surface area (Å²) in [6.45, 7) is 0. The average molecular weight is 220 g/mol. The molecular weight excluding hydrogens is 212 g/mol. The molecule has 2 aromatic heterocycles. The third-order valence-corrected chi connectivity index (χ3v) is 1.89. The first-order chi connectivity index (χ1) is 7.68. The summed E-state index contributed by atoms with van der Waals surface area (Å²) in [6.07, 6.45) is 2.61. The van der Waals surface area contributed by atoms with Crippen LogP contribution in [0.4, 0.5) is 5.82 Å². The van der Waals surface area contributed by atoms with Crippen molar-refractivity contribution in [3.63, 3.8) is 0 Å². The molecule has 0 aliphatic heterocycles. The molecule has 0 fully saturated rings. The van der Waals surface area contributed by atoms with Gasteiger partial charge in [0.25, 0.3) is 11.8 Å². The number of carbonyl (C=O) groups excluding carboxylic acids is 2. The molecule has 0 saturated heterocycles. The van der Waals surface area contributed by atoms with Gasteiger partial charge in [-0.25, -0.2) is 0 Å². The summed E-state index contributed by atoms with van der Waals surface area (Å²) in [6, 6.07) is 3.08. The third kappa shape index (κ3) is 1.78. The lowest BCUT2D eigenvalue weighted by molar-refractivity contribution is 0.0996. The maximum atomic E-state index is 11.5. The summed E-state index contributed by atoms with van der Waals surface area (Å²) in [5, 5.41) is 8.48. The first-order valence-electron chi connectivity index (χ1n) is 4.36. The van der Waals surface area contributed by atoms with Gasteiger partial charge >= 0.3 is 0 Å². The number of hydrogen-bond donors (Lipinski definition) is 3. The number of amides is 2. The smallest absolute Gasteiger partial charge is 0.292 e. The molecule has 7 heteroatoms. The Bertz CT molecular complexity index is 515. The van der Waals surface area contributed by atoms with Crippen LogP contribution < -0.4 is 11.1 Å². The lowest BCUT2D eigenvalue weighted by Crippen LogP contribution is -2.17. The fraction of sp³-hybridized carbons (Fsp3) is 0. The van der Waals surface area contributed by atoms with Crippen LogP contribution in [0, 0.1) is 0 Å². The predicted molar refractivity (Wildman–Crippen MR) is 53.8 cm³/mol. The van der Waals surface area contributed by atoms with Crippen molar-refractivity contribution in [1.82, 2.24) is 10.2 Å². The molecule has 0 atom stereocenters. The molecule has 82 valence electrons. The molecule has 0 spiro atoms. The summed E-state index contributed by atoms with van der Waals surface area (Å²) < 4.78 is 4.88. The number of furan rings is 1. The molecule has 0 radical (unpaired) electrons. The highest BCUT2D eigenvalue weighted by atomic mass is 16.3. The topological polar surface area (TPSA) is 114 Å². The maximum Gasteiger partial charge on any atom is 0.292 e. The van der Waals surface area contributed by atoms with E-state index >= 15 is 0 Å². The van der Waals surface area contributed by atoms with Crippen LogP contribution >= 0.6 is 0 Å². The predicted octanol–water partition coefficient (Wildman–Crippen LogP) is 0.354. The van der Waals surface area contributed by atoms with Crippen LogP contribution in [0.15, 0.2) is 29.0 Å². The first-order valence-corrected chi connectivity index (χ1v) is 4.36. The van der Waals surface area contributed by atoms with Crippen LogP contribution in [0.3, 0.4) is 0 Å². The Kier molecular flexibility index (Phi) is 2.42. The highest BCUT2D eigenvalue weighted by molar-refractivity contribution is 6.06. The van der Waals surface area contributed by atoms with E-state index in [4.69, 9.17) is 10.2 Å². The summed E-state index contributed by atoms with van der Waals surface area (Å²) in [5.74, 6) is -0.890. The zero-order valence-corrected chi connectivity index (χ0v) is 8.06. The number of aromatic amines is 1. The minimum Gasteiger partial charge on any atom is -0.459 e. The molecule has 7 nitrogen and oxygen atoms in total. The molecule has 0 aliphatic carbocycles. The zero-order chi connectivity index (χ0) is 11.5. The van der Waals surface area contributed by atoms with Crippen molar-refractivity contribution in [2.45, 2.75) is 0 Å². The average Bonchev–Trinajstić information content (AvgIpc) is 2.86. The quantitative estimate of drug-likeness (QED) is 0.692. The Labute approximate surface area is 89.6 Å². The van der Waals surface area contributed by atoms with E-state index in [9.17, 15) is 9.59 Å². The number of nitrogens with one attached hydrogen (secondary N) is 2. The monoisotopic (exact) mass is 220 g/mol. The summed E-state index contributed by atoms with van der Waals surface area (Å²) in [4.78, 5) is 22.5. The molecule has 0 aromatic carbocycles. The van der Waals surface area contributed by atoms with Crippen molar-refractivity contribution in [3.8, 4) is 0 Å². The second kappa shape index (κ2) is 3.89. The third-order valence-electron chi connectivity index (χ3n) is 1.89. The van der Waals surface area contributed by atoms with Crippen LogP contribution in [-0.2, 0) is 0 Å². The molecule has 2 amide bonds. The van der Waals surface area contributed by atoms with Crippen LogP contribution in [0.1, 0.15) is 20.9 Å². The van der Waals surface area contributed by atoms with E-state index in [0.717, 1.165) is 0 Å². The fourth-order valence-electron chi connectivity index (χ4n) is 1.15. The van der Waals surface area contributed by atoms with Crippen molar-refractivity contribution < 1.29 is 14.0 Å². The number of H-pyrrole nitrogens is 1. The second-order valence-electron chi connectivity index (χ2n) is 2.95. The normalized spacial score (nSPS) is 10.0. The highest BCUT2D eigenvalue weighted by Crippen LogP contribution is 2.11. The SMILES string of the molecule is NC(=O)c1cn[nH]c1NC(=O)c1ccco1. The van der Waals surface area contributed by atoms with Gasteiger partial charge in [0.1, 0.15) is 11.4 Å². The maximum absolute atomic E-state index is 11.5. The van der Waals surface area contributed by atoms with E-state index in [0.29, 0.717) is 0 Å². The molecular formula is C9H8N4O3. The highest BCUT2D eigenvalue weighted by Gasteiger charge is 2.15. The van der Waals surface area contributed by atoms with Crippen molar-refractivity contribution in [2.75, 3.05) is 5.32 Å². The van der Waals surface area contributed by atoms with Crippen molar-refractivity contribution in [3.05, 3.63) is 35.9 Å². The van der Waals surface area contributed by atoms with E-state index in [2.05, 4.69) is 15.5 Å². The zero-order valence-electron chi connectivity index (χ0n) is 8.06. The Morgan fingerprint density at radius 1 is 1.50 bits per heavy atom. The largest absolute Gasteiger partial charge is 0.459 e. The lowest BCUT2D eigenvalue weighted by Gasteiger charge is -2.00. The number of primary amides is 1. The van der Waals surface area contributed by atoms with Crippen molar-refractivity contribution >= 4 is 17.6 Å². The number of anilines is 1. The van der Waals surface area contributed by atoms with E-state index in [1.165, 1.54) is 18.5 Å². The number of nitrogens with zero attached hydrogens (tertiary/aromatic N) is 1. The van der Waals surface area contributed by atoms with Crippen molar-refractivity contribution in [1.29, 1.82) is 0 Å². The van der Waals surface area contributed by atoms with Crippen LogP contribution in [0.2, 0.25) is 0 Å². The van der Waals surface area contributed by atoms with Crippen LogP contribution in [0.25, 0.3) is 0 Å². The Hall–Kier alpha value is -2.57. The minimum atomic E-state index is -0.677. The number of aromatic nitrogens is 2. The van der Waals surface area contributed by atoms with Gasteiger partial charge in [0.15, 0.2) is 5.76 Å². The summed E-state index contributed by atoms with van der Waals surface area (Å²) >= 11 is 0. The molecule has 0 bridgehead atoms. The number of hydrogen-bond acceptors (Lipinski definition) is 4. The van der Waals surface area contributed by atoms with Gasteiger partial charge in [0.2, 0.25) is 0 Å². The molecule has 2 aromatic rings. The molecule has 0 unspecified atom stereocenters. The fourth-order valence-corrected chi connectivity index (χ4v) is 1.15. The Balaban J connectivity index is 2.18. The number of rotatable bonds is 3. The van der Waals surface area contributed by atoms with Gasteiger partial charge in [-0.1, -0.05) is 0 Å². The van der Waals surface area contributed by atoms with Crippen LogP contribution in [-0.4, -0.2) is 22.0 Å². The molecule has 0 saturated carbocycles. The first kappa shape index (κ1) is 9.97. The molecule has 4 N–H and O–H groups in total. The minimum absolute atomic E-state index is 0.111. The van der Waals surface area contributed by atoms with E-state index < -0.39 is 11.8 Å².